The molecule has 0 aromatic rings. The number of nitrogens with zero attached hydrogens (tertiary/aromatic N) is 2. The molecular weight excluding hydrogens is 262 g/mol. The lowest BCUT2D eigenvalue weighted by atomic mass is 10.2. The molecule has 1 heterocycles. The first-order valence-electron chi connectivity index (χ1n) is 7.09. The summed E-state index contributed by atoms with van der Waals surface area (Å²) in [4.78, 5) is 38.2. The van der Waals surface area contributed by atoms with Gasteiger partial charge in [0.2, 0.25) is 11.8 Å². The summed E-state index contributed by atoms with van der Waals surface area (Å²) >= 11 is 0. The third-order valence-corrected chi connectivity index (χ3v) is 3.41. The Bertz CT molecular complexity index is 387. The standard InChI is InChI=1S/C13H21N3O4/c1-2-20-13(19)16-7-5-15(6-8-16)12(18)9-11(17)14-10-3-4-10/h10H,2-9H2,1H3,(H,14,17). The summed E-state index contributed by atoms with van der Waals surface area (Å²) in [6.07, 6.45) is 1.58. The third kappa shape index (κ3) is 4.11. The molecule has 0 aromatic carbocycles. The van der Waals surface area contributed by atoms with E-state index < -0.39 is 0 Å². The fourth-order valence-corrected chi connectivity index (χ4v) is 2.11. The van der Waals surface area contributed by atoms with Gasteiger partial charge in [-0.25, -0.2) is 4.79 Å². The second-order valence-electron chi connectivity index (χ2n) is 5.09. The van der Waals surface area contributed by atoms with Crippen LogP contribution < -0.4 is 5.32 Å². The molecule has 1 aliphatic heterocycles. The zero-order chi connectivity index (χ0) is 14.5. The Morgan fingerprint density at radius 2 is 1.70 bits per heavy atom. The molecule has 2 aliphatic rings. The van der Waals surface area contributed by atoms with E-state index in [0.29, 0.717) is 32.8 Å². The van der Waals surface area contributed by atoms with Crippen LogP contribution in [0.25, 0.3) is 0 Å². The first kappa shape index (κ1) is 14.6. The van der Waals surface area contributed by atoms with Crippen molar-refractivity contribution in [3.05, 3.63) is 0 Å². The summed E-state index contributed by atoms with van der Waals surface area (Å²) in [7, 11) is 0. The molecule has 7 heteroatoms. The zero-order valence-corrected chi connectivity index (χ0v) is 11.8. The zero-order valence-electron chi connectivity index (χ0n) is 11.8. The molecule has 0 unspecified atom stereocenters. The smallest absolute Gasteiger partial charge is 0.409 e. The summed E-state index contributed by atoms with van der Waals surface area (Å²) in [6, 6.07) is 0.274. The monoisotopic (exact) mass is 283 g/mol. The van der Waals surface area contributed by atoms with Gasteiger partial charge >= 0.3 is 6.09 Å². The predicted octanol–water partition coefficient (Wildman–Crippen LogP) is -0.0442. The minimum Gasteiger partial charge on any atom is -0.450 e. The fraction of sp³-hybridized carbons (Fsp3) is 0.769. The number of carbonyl (C=O) groups is 3. The number of hydrogen-bond donors (Lipinski definition) is 1. The Morgan fingerprint density at radius 1 is 1.10 bits per heavy atom. The number of rotatable bonds is 4. The Balaban J connectivity index is 1.70. The molecule has 20 heavy (non-hydrogen) atoms. The lowest BCUT2D eigenvalue weighted by Crippen LogP contribution is -2.51. The predicted molar refractivity (Wildman–Crippen MR) is 71.0 cm³/mol. The van der Waals surface area contributed by atoms with Gasteiger partial charge in [-0.2, -0.15) is 0 Å². The van der Waals surface area contributed by atoms with Crippen molar-refractivity contribution in [1.29, 1.82) is 0 Å². The number of ether oxygens (including phenoxy) is 1. The molecule has 3 amide bonds. The molecule has 2 rings (SSSR count). The van der Waals surface area contributed by atoms with E-state index in [2.05, 4.69) is 5.32 Å². The molecular formula is C13H21N3O4. The lowest BCUT2D eigenvalue weighted by Gasteiger charge is -2.34. The van der Waals surface area contributed by atoms with Gasteiger partial charge in [0.25, 0.3) is 0 Å². The Hall–Kier alpha value is -1.79. The summed E-state index contributed by atoms with van der Waals surface area (Å²) in [5.74, 6) is -0.378. The SMILES string of the molecule is CCOC(=O)N1CCN(C(=O)CC(=O)NC2CC2)CC1. The molecule has 0 aromatic heterocycles. The Labute approximate surface area is 118 Å². The van der Waals surface area contributed by atoms with Crippen LogP contribution in [0, 0.1) is 0 Å². The quantitative estimate of drug-likeness (QED) is 0.734. The highest BCUT2D eigenvalue weighted by Crippen LogP contribution is 2.18. The number of carbonyl (C=O) groups excluding carboxylic acids is 3. The van der Waals surface area contributed by atoms with Crippen LogP contribution in [-0.2, 0) is 14.3 Å². The van der Waals surface area contributed by atoms with E-state index >= 15 is 0 Å². The molecule has 0 bridgehead atoms. The molecule has 1 saturated heterocycles. The van der Waals surface area contributed by atoms with Gasteiger partial charge in [-0.05, 0) is 19.8 Å². The van der Waals surface area contributed by atoms with Crippen LogP contribution in [-0.4, -0.2) is 66.5 Å². The van der Waals surface area contributed by atoms with Gasteiger partial charge in [0.1, 0.15) is 6.42 Å². The minimum atomic E-state index is -0.342. The van der Waals surface area contributed by atoms with Crippen LogP contribution in [0.2, 0.25) is 0 Å². The number of piperazine rings is 1. The van der Waals surface area contributed by atoms with E-state index in [1.165, 1.54) is 0 Å². The van der Waals surface area contributed by atoms with E-state index in [1.54, 1.807) is 16.7 Å². The van der Waals surface area contributed by atoms with Crippen LogP contribution in [0.3, 0.4) is 0 Å². The van der Waals surface area contributed by atoms with E-state index in [9.17, 15) is 14.4 Å². The van der Waals surface area contributed by atoms with Crippen molar-refractivity contribution in [2.24, 2.45) is 0 Å². The molecule has 1 aliphatic carbocycles. The van der Waals surface area contributed by atoms with Crippen LogP contribution >= 0.6 is 0 Å². The van der Waals surface area contributed by atoms with Crippen molar-refractivity contribution in [3.8, 4) is 0 Å². The summed E-state index contributed by atoms with van der Waals surface area (Å²) in [5.41, 5.74) is 0. The Morgan fingerprint density at radius 3 is 2.25 bits per heavy atom. The normalized spacial score (nSPS) is 18.6. The largest absolute Gasteiger partial charge is 0.450 e. The van der Waals surface area contributed by atoms with Gasteiger partial charge in [-0.15, -0.1) is 0 Å². The lowest BCUT2D eigenvalue weighted by molar-refractivity contribution is -0.137. The van der Waals surface area contributed by atoms with Crippen LogP contribution in [0.15, 0.2) is 0 Å². The van der Waals surface area contributed by atoms with Gasteiger partial charge in [0.05, 0.1) is 6.61 Å². The van der Waals surface area contributed by atoms with E-state index in [4.69, 9.17) is 4.74 Å². The van der Waals surface area contributed by atoms with Crippen molar-refractivity contribution in [2.45, 2.75) is 32.2 Å². The van der Waals surface area contributed by atoms with Gasteiger partial charge in [-0.3, -0.25) is 9.59 Å². The van der Waals surface area contributed by atoms with Crippen molar-refractivity contribution in [2.75, 3.05) is 32.8 Å². The first-order chi connectivity index (χ1) is 9.60. The van der Waals surface area contributed by atoms with E-state index in [0.717, 1.165) is 12.8 Å². The van der Waals surface area contributed by atoms with Crippen LogP contribution in [0.4, 0.5) is 4.79 Å². The van der Waals surface area contributed by atoms with Crippen molar-refractivity contribution < 1.29 is 19.1 Å². The molecule has 112 valence electrons. The van der Waals surface area contributed by atoms with Gasteiger partial charge < -0.3 is 19.9 Å². The highest BCUT2D eigenvalue weighted by molar-refractivity contribution is 5.97. The highest BCUT2D eigenvalue weighted by Gasteiger charge is 2.28. The summed E-state index contributed by atoms with van der Waals surface area (Å²) in [6.45, 7) is 3.92. The van der Waals surface area contributed by atoms with Crippen molar-refractivity contribution in [1.82, 2.24) is 15.1 Å². The average molecular weight is 283 g/mol. The number of amides is 3. The maximum absolute atomic E-state index is 11.9. The van der Waals surface area contributed by atoms with Gasteiger partial charge in [0, 0.05) is 32.2 Å². The first-order valence-corrected chi connectivity index (χ1v) is 7.09. The Kier molecular flexibility index (Phi) is 4.81. The highest BCUT2D eigenvalue weighted by atomic mass is 16.6. The molecule has 1 saturated carbocycles. The molecule has 7 nitrogen and oxygen atoms in total. The number of hydrogen-bond acceptors (Lipinski definition) is 4. The maximum Gasteiger partial charge on any atom is 0.409 e. The average Bonchev–Trinajstić information content (AvgIpc) is 3.23. The van der Waals surface area contributed by atoms with Gasteiger partial charge in [-0.1, -0.05) is 0 Å². The maximum atomic E-state index is 11.9. The van der Waals surface area contributed by atoms with Crippen LogP contribution in [0.5, 0.6) is 0 Å². The van der Waals surface area contributed by atoms with Crippen molar-refractivity contribution in [3.63, 3.8) is 0 Å². The van der Waals surface area contributed by atoms with Gasteiger partial charge in [0.15, 0.2) is 0 Å². The second-order valence-corrected chi connectivity index (χ2v) is 5.09. The van der Waals surface area contributed by atoms with E-state index in [-0.39, 0.29) is 30.4 Å². The molecule has 2 fully saturated rings. The second kappa shape index (κ2) is 6.58. The molecule has 0 atom stereocenters. The van der Waals surface area contributed by atoms with E-state index in [1.807, 2.05) is 0 Å². The third-order valence-electron chi connectivity index (χ3n) is 3.41. The van der Waals surface area contributed by atoms with Crippen molar-refractivity contribution >= 4 is 17.9 Å². The summed E-state index contributed by atoms with van der Waals surface area (Å²) in [5, 5.41) is 2.80. The summed E-state index contributed by atoms with van der Waals surface area (Å²) < 4.78 is 4.91. The number of nitrogens with one attached hydrogen (secondary N) is 1. The molecule has 1 N–H and O–H groups in total. The topological polar surface area (TPSA) is 79.0 Å². The minimum absolute atomic E-state index is 0.101. The fourth-order valence-electron chi connectivity index (χ4n) is 2.11. The molecule has 0 radical (unpaired) electrons. The molecule has 0 spiro atoms. The van der Waals surface area contributed by atoms with Crippen LogP contribution in [0.1, 0.15) is 26.2 Å².